The fourth-order valence-electron chi connectivity index (χ4n) is 4.02. The van der Waals surface area contributed by atoms with E-state index in [2.05, 4.69) is 40.0 Å². The third-order valence-corrected chi connectivity index (χ3v) is 5.86. The summed E-state index contributed by atoms with van der Waals surface area (Å²) in [5.74, 6) is 0.990. The molecule has 2 rings (SSSR count). The van der Waals surface area contributed by atoms with E-state index in [1.54, 1.807) is 0 Å². The van der Waals surface area contributed by atoms with Crippen LogP contribution in [0.25, 0.3) is 0 Å². The lowest BCUT2D eigenvalue weighted by atomic mass is 9.61. The predicted molar refractivity (Wildman–Crippen MR) is 92.7 cm³/mol. The van der Waals surface area contributed by atoms with Crippen LogP contribution in [-0.4, -0.2) is 22.9 Å². The molecule has 0 spiro atoms. The largest absolute Gasteiger partial charge is 0.386 e. The molecule has 2 nitrogen and oxygen atoms in total. The second kappa shape index (κ2) is 5.98. The molecule has 0 amide bonds. The van der Waals surface area contributed by atoms with E-state index in [4.69, 9.17) is 4.74 Å². The van der Waals surface area contributed by atoms with Crippen LogP contribution in [0.5, 0.6) is 0 Å². The molecule has 124 valence electrons. The molecule has 0 aromatic heterocycles. The molecule has 5 atom stereocenters. The monoisotopic (exact) mass is 304 g/mol. The number of rotatable bonds is 5. The van der Waals surface area contributed by atoms with Gasteiger partial charge in [0.2, 0.25) is 0 Å². The minimum Gasteiger partial charge on any atom is -0.386 e. The summed E-state index contributed by atoms with van der Waals surface area (Å²) < 4.78 is 5.54. The number of hydrogen-bond donors (Lipinski definition) is 1. The second-order valence-corrected chi connectivity index (χ2v) is 8.12. The molecule has 0 radical (unpaired) electrons. The Morgan fingerprint density at radius 2 is 1.91 bits per heavy atom. The van der Waals surface area contributed by atoms with Gasteiger partial charge >= 0.3 is 0 Å². The molecule has 1 N–H and O–H groups in total. The Bertz CT molecular complexity index is 488. The Morgan fingerprint density at radius 3 is 2.36 bits per heavy atom. The number of aliphatic hydroxyl groups is 1. The number of allylic oxidation sites excluding steroid dienone is 3. The van der Waals surface area contributed by atoms with Crippen molar-refractivity contribution in [3.63, 3.8) is 0 Å². The molecule has 1 aliphatic heterocycles. The van der Waals surface area contributed by atoms with Crippen LogP contribution in [-0.2, 0) is 4.74 Å². The van der Waals surface area contributed by atoms with E-state index in [9.17, 15) is 5.11 Å². The third-order valence-electron chi connectivity index (χ3n) is 5.86. The lowest BCUT2D eigenvalue weighted by Crippen LogP contribution is -2.34. The Labute approximate surface area is 136 Å². The van der Waals surface area contributed by atoms with Gasteiger partial charge in [-0.05, 0) is 64.2 Å². The maximum Gasteiger partial charge on any atom is 0.116 e. The zero-order chi connectivity index (χ0) is 16.7. The molecule has 2 aliphatic rings. The lowest BCUT2D eigenvalue weighted by Gasteiger charge is -2.43. The van der Waals surface area contributed by atoms with Crippen molar-refractivity contribution in [1.82, 2.24) is 0 Å². The molecule has 1 saturated heterocycles. The molecule has 2 heteroatoms. The van der Waals surface area contributed by atoms with E-state index in [0.29, 0.717) is 11.8 Å². The van der Waals surface area contributed by atoms with Gasteiger partial charge in [0.05, 0.1) is 5.60 Å². The topological polar surface area (TPSA) is 32.8 Å². The van der Waals surface area contributed by atoms with Crippen LogP contribution < -0.4 is 0 Å². The van der Waals surface area contributed by atoms with Crippen molar-refractivity contribution in [2.75, 3.05) is 0 Å². The fraction of sp³-hybridized carbons (Fsp3) is 0.700. The molecule has 1 heterocycles. The van der Waals surface area contributed by atoms with Gasteiger partial charge in [0.25, 0.3) is 0 Å². The molecule has 0 bridgehead atoms. The van der Waals surface area contributed by atoms with Crippen molar-refractivity contribution in [2.24, 2.45) is 17.3 Å². The number of epoxide rings is 1. The molecule has 1 aliphatic carbocycles. The van der Waals surface area contributed by atoms with Crippen molar-refractivity contribution in [3.05, 3.63) is 36.5 Å². The number of ether oxygens (including phenoxy) is 1. The summed E-state index contributed by atoms with van der Waals surface area (Å²) in [4.78, 5) is 0. The minimum atomic E-state index is -0.494. The van der Waals surface area contributed by atoms with Gasteiger partial charge in [-0.25, -0.2) is 0 Å². The van der Waals surface area contributed by atoms with Crippen LogP contribution in [0.4, 0.5) is 0 Å². The number of aliphatic hydroxyl groups excluding tert-OH is 1. The van der Waals surface area contributed by atoms with E-state index in [1.807, 2.05) is 19.9 Å². The summed E-state index contributed by atoms with van der Waals surface area (Å²) in [7, 11) is 0. The van der Waals surface area contributed by atoms with Gasteiger partial charge in [0.1, 0.15) is 12.2 Å². The minimum absolute atomic E-state index is 0.0542. The summed E-state index contributed by atoms with van der Waals surface area (Å²) >= 11 is 0. The highest BCUT2D eigenvalue weighted by molar-refractivity contribution is 5.18. The Kier molecular flexibility index (Phi) is 4.75. The molecule has 1 saturated carbocycles. The maximum atomic E-state index is 10.3. The summed E-state index contributed by atoms with van der Waals surface area (Å²) in [6.07, 6.45) is 6.95. The molecule has 0 aromatic rings. The van der Waals surface area contributed by atoms with Crippen LogP contribution in [0, 0.1) is 17.3 Å². The molecule has 0 aromatic carbocycles. The molecular weight excluding hydrogens is 272 g/mol. The van der Waals surface area contributed by atoms with Gasteiger partial charge in [-0.3, -0.25) is 0 Å². The van der Waals surface area contributed by atoms with Crippen LogP contribution >= 0.6 is 0 Å². The van der Waals surface area contributed by atoms with E-state index in [1.165, 1.54) is 11.1 Å². The van der Waals surface area contributed by atoms with E-state index >= 15 is 0 Å². The Morgan fingerprint density at radius 1 is 1.32 bits per heavy atom. The summed E-state index contributed by atoms with van der Waals surface area (Å²) in [6.45, 7) is 18.9. The van der Waals surface area contributed by atoms with E-state index < -0.39 is 6.10 Å². The first-order valence-corrected chi connectivity index (χ1v) is 8.44. The van der Waals surface area contributed by atoms with Crippen LogP contribution in [0.1, 0.15) is 53.9 Å². The van der Waals surface area contributed by atoms with Crippen molar-refractivity contribution in [1.29, 1.82) is 0 Å². The summed E-state index contributed by atoms with van der Waals surface area (Å²) in [5.41, 5.74) is 2.51. The van der Waals surface area contributed by atoms with Gasteiger partial charge in [-0.15, -0.1) is 6.58 Å². The number of hydrogen-bond acceptors (Lipinski definition) is 2. The van der Waals surface area contributed by atoms with E-state index in [-0.39, 0.29) is 17.1 Å². The van der Waals surface area contributed by atoms with Gasteiger partial charge in [0.15, 0.2) is 0 Å². The molecule has 2 fully saturated rings. The zero-order valence-corrected chi connectivity index (χ0v) is 14.9. The fourth-order valence-corrected chi connectivity index (χ4v) is 4.02. The quantitative estimate of drug-likeness (QED) is 0.592. The van der Waals surface area contributed by atoms with Crippen molar-refractivity contribution in [3.8, 4) is 0 Å². The third kappa shape index (κ3) is 3.38. The highest BCUT2D eigenvalue weighted by Gasteiger charge is 2.51. The first-order chi connectivity index (χ1) is 10.1. The van der Waals surface area contributed by atoms with Crippen LogP contribution in [0.3, 0.4) is 0 Å². The smallest absolute Gasteiger partial charge is 0.116 e. The first-order valence-electron chi connectivity index (χ1n) is 8.44. The van der Waals surface area contributed by atoms with Gasteiger partial charge < -0.3 is 9.84 Å². The zero-order valence-electron chi connectivity index (χ0n) is 14.9. The average molecular weight is 304 g/mol. The normalized spacial score (nSPS) is 39.2. The van der Waals surface area contributed by atoms with Gasteiger partial charge in [0, 0.05) is 0 Å². The first kappa shape index (κ1) is 17.5. The van der Waals surface area contributed by atoms with Gasteiger partial charge in [-0.2, -0.15) is 0 Å². The molecule has 4 unspecified atom stereocenters. The highest BCUT2D eigenvalue weighted by Crippen LogP contribution is 2.49. The Hall–Kier alpha value is -0.860. The van der Waals surface area contributed by atoms with Gasteiger partial charge in [-0.1, -0.05) is 36.8 Å². The average Bonchev–Trinajstić information content (AvgIpc) is 3.08. The lowest BCUT2D eigenvalue weighted by molar-refractivity contribution is 0.161. The molecule has 22 heavy (non-hydrogen) atoms. The maximum absolute atomic E-state index is 10.3. The predicted octanol–water partition coefficient (Wildman–Crippen LogP) is 4.66. The molecular formula is C20H32O2. The van der Waals surface area contributed by atoms with Crippen LogP contribution in [0.2, 0.25) is 0 Å². The Balaban J connectivity index is 2.07. The standard InChI is InChI=1S/C20H32O2/c1-8-20(7)10-9-15(12-16(20)13(2)3)14(4)11-17(21)18-19(5,6)22-18/h8,11,15-18,21H,1-2,9-10,12H2,3-7H3/b14-11+/t15?,16?,17?,18?,20-/m1/s1. The highest BCUT2D eigenvalue weighted by atomic mass is 16.6. The van der Waals surface area contributed by atoms with Crippen molar-refractivity contribution < 1.29 is 9.84 Å². The second-order valence-electron chi connectivity index (χ2n) is 8.12. The summed E-state index contributed by atoms with van der Waals surface area (Å²) in [6, 6.07) is 0. The van der Waals surface area contributed by atoms with Crippen LogP contribution in [0.15, 0.2) is 36.5 Å². The van der Waals surface area contributed by atoms with E-state index in [0.717, 1.165) is 19.3 Å². The van der Waals surface area contributed by atoms with Crippen molar-refractivity contribution >= 4 is 0 Å². The van der Waals surface area contributed by atoms with Crippen molar-refractivity contribution in [2.45, 2.75) is 71.7 Å². The SMILES string of the molecule is C=C[C@]1(C)CCC(/C(C)=C/C(O)C2OC2(C)C)CC1C(=C)C. The summed E-state index contributed by atoms with van der Waals surface area (Å²) in [5, 5.41) is 10.3.